The molecule has 0 aromatic heterocycles. The summed E-state index contributed by atoms with van der Waals surface area (Å²) in [6, 6.07) is 28.5. The minimum Gasteiger partial charge on any atom is -0.497 e. The van der Waals surface area contributed by atoms with Gasteiger partial charge in [-0.1, -0.05) is 48.5 Å². The van der Waals surface area contributed by atoms with E-state index in [0.29, 0.717) is 13.0 Å². The third kappa shape index (κ3) is 5.46. The van der Waals surface area contributed by atoms with Crippen LogP contribution in [0.3, 0.4) is 0 Å². The average Bonchev–Trinajstić information content (AvgIpc) is 2.80. The molecule has 0 amide bonds. The molecule has 0 aliphatic rings. The van der Waals surface area contributed by atoms with Crippen LogP contribution in [0.5, 0.6) is 5.75 Å². The molecule has 0 saturated heterocycles. The Balaban J connectivity index is 2.12. The third-order valence-electron chi connectivity index (χ3n) is 5.41. The van der Waals surface area contributed by atoms with Crippen molar-refractivity contribution in [3.8, 4) is 5.75 Å². The SMILES string of the molecule is CCOC(=O)C(C)(C)CC(c1ccc(OC)cc1)N(c1ccccc1)c1ccccc1. The van der Waals surface area contributed by atoms with E-state index in [0.717, 1.165) is 22.7 Å². The van der Waals surface area contributed by atoms with E-state index in [4.69, 9.17) is 9.47 Å². The Kier molecular flexibility index (Phi) is 7.35. The number of rotatable bonds is 9. The quantitative estimate of drug-likeness (QED) is 0.370. The Morgan fingerprint density at radius 2 is 1.39 bits per heavy atom. The van der Waals surface area contributed by atoms with E-state index in [1.807, 2.05) is 69.3 Å². The molecule has 0 aliphatic heterocycles. The third-order valence-corrected chi connectivity index (χ3v) is 5.41. The fraction of sp³-hybridized carbons (Fsp3) is 0.296. The second-order valence-corrected chi connectivity index (χ2v) is 8.14. The molecule has 3 rings (SSSR count). The van der Waals surface area contributed by atoms with Gasteiger partial charge in [-0.15, -0.1) is 0 Å². The van der Waals surface area contributed by atoms with Gasteiger partial charge >= 0.3 is 5.97 Å². The molecule has 3 aromatic carbocycles. The summed E-state index contributed by atoms with van der Waals surface area (Å²) in [7, 11) is 1.66. The fourth-order valence-corrected chi connectivity index (χ4v) is 3.76. The molecule has 0 aliphatic carbocycles. The lowest BCUT2D eigenvalue weighted by Crippen LogP contribution is -2.34. The van der Waals surface area contributed by atoms with E-state index in [2.05, 4.69) is 41.3 Å². The first-order valence-electron chi connectivity index (χ1n) is 10.7. The molecule has 31 heavy (non-hydrogen) atoms. The Morgan fingerprint density at radius 3 is 1.84 bits per heavy atom. The molecule has 0 radical (unpaired) electrons. The summed E-state index contributed by atoms with van der Waals surface area (Å²) in [5, 5.41) is 0. The number of nitrogens with zero attached hydrogens (tertiary/aromatic N) is 1. The second-order valence-electron chi connectivity index (χ2n) is 8.14. The molecule has 0 spiro atoms. The van der Waals surface area contributed by atoms with Crippen LogP contribution in [0.4, 0.5) is 11.4 Å². The summed E-state index contributed by atoms with van der Waals surface area (Å²) in [4.78, 5) is 15.1. The van der Waals surface area contributed by atoms with Crippen molar-refractivity contribution in [3.05, 3.63) is 90.5 Å². The molecular weight excluding hydrogens is 386 g/mol. The molecule has 1 atom stereocenters. The molecule has 0 bridgehead atoms. The van der Waals surface area contributed by atoms with Gasteiger partial charge in [0.2, 0.25) is 0 Å². The van der Waals surface area contributed by atoms with Crippen LogP contribution in [0.1, 0.15) is 38.8 Å². The van der Waals surface area contributed by atoms with Gasteiger partial charge in [-0.25, -0.2) is 0 Å². The van der Waals surface area contributed by atoms with Crippen molar-refractivity contribution in [2.24, 2.45) is 5.41 Å². The van der Waals surface area contributed by atoms with E-state index in [-0.39, 0.29) is 12.0 Å². The maximum Gasteiger partial charge on any atom is 0.311 e. The summed E-state index contributed by atoms with van der Waals surface area (Å²) in [6.07, 6.45) is 0.585. The van der Waals surface area contributed by atoms with Crippen molar-refractivity contribution >= 4 is 17.3 Å². The highest BCUT2D eigenvalue weighted by Crippen LogP contribution is 2.42. The Labute approximate surface area is 185 Å². The maximum atomic E-state index is 12.8. The molecule has 0 fully saturated rings. The van der Waals surface area contributed by atoms with E-state index >= 15 is 0 Å². The molecular formula is C27H31NO3. The predicted molar refractivity (Wildman–Crippen MR) is 126 cm³/mol. The zero-order chi connectivity index (χ0) is 22.3. The summed E-state index contributed by atoms with van der Waals surface area (Å²) in [6.45, 7) is 6.12. The largest absolute Gasteiger partial charge is 0.497 e. The lowest BCUT2D eigenvalue weighted by atomic mass is 9.82. The maximum absolute atomic E-state index is 12.8. The van der Waals surface area contributed by atoms with Gasteiger partial charge in [0.15, 0.2) is 0 Å². The number of carbonyl (C=O) groups is 1. The highest BCUT2D eigenvalue weighted by Gasteiger charge is 2.36. The minimum absolute atomic E-state index is 0.0879. The van der Waals surface area contributed by atoms with Crippen LogP contribution in [0.25, 0.3) is 0 Å². The van der Waals surface area contributed by atoms with Crippen LogP contribution >= 0.6 is 0 Å². The van der Waals surface area contributed by atoms with Gasteiger partial charge in [-0.05, 0) is 69.2 Å². The predicted octanol–water partition coefficient (Wildman–Crippen LogP) is 6.55. The van der Waals surface area contributed by atoms with Crippen molar-refractivity contribution in [2.45, 2.75) is 33.2 Å². The number of ether oxygens (including phenoxy) is 2. The molecule has 4 nitrogen and oxygen atoms in total. The monoisotopic (exact) mass is 417 g/mol. The van der Waals surface area contributed by atoms with Gasteiger partial charge in [0.1, 0.15) is 5.75 Å². The van der Waals surface area contributed by atoms with E-state index in [1.54, 1.807) is 7.11 Å². The summed E-state index contributed by atoms with van der Waals surface area (Å²) >= 11 is 0. The number of hydrogen-bond donors (Lipinski definition) is 0. The number of benzene rings is 3. The van der Waals surface area contributed by atoms with E-state index in [9.17, 15) is 4.79 Å². The van der Waals surface area contributed by atoms with Crippen molar-refractivity contribution in [1.82, 2.24) is 0 Å². The van der Waals surface area contributed by atoms with Gasteiger partial charge in [-0.2, -0.15) is 0 Å². The standard InChI is InChI=1S/C27H31NO3/c1-5-31-26(29)27(2,3)20-25(21-16-18-24(30-4)19-17-21)28(22-12-8-6-9-13-22)23-14-10-7-11-15-23/h6-19,25H,5,20H2,1-4H3. The average molecular weight is 418 g/mol. The van der Waals surface area contributed by atoms with Gasteiger partial charge in [-0.3, -0.25) is 4.79 Å². The van der Waals surface area contributed by atoms with Crippen LogP contribution in [-0.4, -0.2) is 19.7 Å². The highest BCUT2D eigenvalue weighted by atomic mass is 16.5. The number of methoxy groups -OCH3 is 1. The van der Waals surface area contributed by atoms with Crippen LogP contribution in [0.2, 0.25) is 0 Å². The fourth-order valence-electron chi connectivity index (χ4n) is 3.76. The van der Waals surface area contributed by atoms with Crippen LogP contribution in [0, 0.1) is 5.41 Å². The lowest BCUT2D eigenvalue weighted by molar-refractivity contribution is -0.154. The van der Waals surface area contributed by atoms with Crippen LogP contribution in [0.15, 0.2) is 84.9 Å². The minimum atomic E-state index is -0.664. The van der Waals surface area contributed by atoms with Gasteiger partial charge < -0.3 is 14.4 Å². The topological polar surface area (TPSA) is 38.8 Å². The van der Waals surface area contributed by atoms with Crippen molar-refractivity contribution < 1.29 is 14.3 Å². The smallest absolute Gasteiger partial charge is 0.311 e. The molecule has 0 N–H and O–H groups in total. The normalized spacial score (nSPS) is 12.1. The molecule has 0 heterocycles. The highest BCUT2D eigenvalue weighted by molar-refractivity contribution is 5.76. The molecule has 4 heteroatoms. The van der Waals surface area contributed by atoms with E-state index in [1.165, 1.54) is 0 Å². The molecule has 1 unspecified atom stereocenters. The zero-order valence-electron chi connectivity index (χ0n) is 18.7. The Bertz CT molecular complexity index is 913. The number of esters is 1. The Hall–Kier alpha value is -3.27. The number of anilines is 2. The molecule has 0 saturated carbocycles. The van der Waals surface area contributed by atoms with Crippen molar-refractivity contribution in [3.63, 3.8) is 0 Å². The first-order chi connectivity index (χ1) is 15.0. The lowest BCUT2D eigenvalue weighted by Gasteiger charge is -2.38. The van der Waals surface area contributed by atoms with Gasteiger partial charge in [0, 0.05) is 11.4 Å². The molecule has 162 valence electrons. The number of para-hydroxylation sites is 2. The summed E-state index contributed by atoms with van der Waals surface area (Å²) in [5.41, 5.74) is 2.57. The second kappa shape index (κ2) is 10.2. The first-order valence-corrected chi connectivity index (χ1v) is 10.7. The number of carbonyl (C=O) groups excluding carboxylic acids is 1. The van der Waals surface area contributed by atoms with E-state index < -0.39 is 5.41 Å². The summed E-state index contributed by atoms with van der Waals surface area (Å²) in [5.74, 6) is 0.618. The molecule has 3 aromatic rings. The van der Waals surface area contributed by atoms with Gasteiger partial charge in [0.05, 0.1) is 25.2 Å². The summed E-state index contributed by atoms with van der Waals surface area (Å²) < 4.78 is 10.8. The van der Waals surface area contributed by atoms with Crippen molar-refractivity contribution in [1.29, 1.82) is 0 Å². The van der Waals surface area contributed by atoms with Crippen LogP contribution in [-0.2, 0) is 9.53 Å². The number of hydrogen-bond acceptors (Lipinski definition) is 4. The first kappa shape index (κ1) is 22.4. The van der Waals surface area contributed by atoms with Crippen LogP contribution < -0.4 is 9.64 Å². The Morgan fingerprint density at radius 1 is 0.871 bits per heavy atom. The van der Waals surface area contributed by atoms with Gasteiger partial charge in [0.25, 0.3) is 0 Å². The van der Waals surface area contributed by atoms with Crippen molar-refractivity contribution in [2.75, 3.05) is 18.6 Å². The zero-order valence-corrected chi connectivity index (χ0v) is 18.7.